The Morgan fingerprint density at radius 3 is 2.47 bits per heavy atom. The summed E-state index contributed by atoms with van der Waals surface area (Å²) in [5.74, 6) is -1.85. The van der Waals surface area contributed by atoms with E-state index in [2.05, 4.69) is 0 Å². The molecule has 2 aliphatic heterocycles. The fraction of sp³-hybridized carbons (Fsp3) is 0.889. The molecule has 6 nitrogen and oxygen atoms in total. The topological polar surface area (TPSA) is 74.2 Å². The lowest BCUT2D eigenvalue weighted by Crippen LogP contribution is -2.35. The van der Waals surface area contributed by atoms with Gasteiger partial charge in [0.05, 0.1) is 0 Å². The van der Waals surface area contributed by atoms with Crippen LogP contribution in [0.4, 0.5) is 0 Å². The molecule has 0 aromatic carbocycles. The van der Waals surface area contributed by atoms with E-state index in [9.17, 15) is 4.79 Å². The van der Waals surface area contributed by atoms with Crippen LogP contribution in [0.1, 0.15) is 13.8 Å². The third-order valence-corrected chi connectivity index (χ3v) is 2.49. The number of carboxylic acids is 1. The fourth-order valence-corrected chi connectivity index (χ4v) is 1.95. The van der Waals surface area contributed by atoms with Crippen LogP contribution in [0.2, 0.25) is 0 Å². The normalized spacial score (nSPS) is 42.9. The number of ether oxygens (including phenoxy) is 4. The molecule has 4 atom stereocenters. The molecular formula is C9H14O6. The van der Waals surface area contributed by atoms with Crippen LogP contribution < -0.4 is 0 Å². The van der Waals surface area contributed by atoms with Gasteiger partial charge in [-0.05, 0) is 13.8 Å². The Morgan fingerprint density at radius 2 is 1.93 bits per heavy atom. The van der Waals surface area contributed by atoms with Gasteiger partial charge in [0.2, 0.25) is 0 Å². The number of hydrogen-bond acceptors (Lipinski definition) is 5. The summed E-state index contributed by atoms with van der Waals surface area (Å²) in [6, 6.07) is 0. The van der Waals surface area contributed by atoms with Gasteiger partial charge in [0.15, 0.2) is 18.2 Å². The van der Waals surface area contributed by atoms with Crippen molar-refractivity contribution >= 4 is 5.97 Å². The predicted octanol–water partition coefficient (Wildman–Crippen LogP) is -0.0376. The molecule has 2 saturated heterocycles. The molecule has 2 heterocycles. The maximum Gasteiger partial charge on any atom is 0.335 e. The van der Waals surface area contributed by atoms with Crippen LogP contribution in [0.3, 0.4) is 0 Å². The van der Waals surface area contributed by atoms with Gasteiger partial charge in [-0.25, -0.2) is 4.79 Å². The van der Waals surface area contributed by atoms with E-state index < -0.39 is 36.4 Å². The number of methoxy groups -OCH3 is 1. The summed E-state index contributed by atoms with van der Waals surface area (Å²) in [6.45, 7) is 3.47. The fourth-order valence-electron chi connectivity index (χ4n) is 1.95. The van der Waals surface area contributed by atoms with Crippen molar-refractivity contribution in [2.45, 2.75) is 44.2 Å². The highest BCUT2D eigenvalue weighted by molar-refractivity contribution is 5.73. The molecule has 6 heteroatoms. The Bertz CT molecular complexity index is 276. The van der Waals surface area contributed by atoms with Crippen molar-refractivity contribution in [1.29, 1.82) is 0 Å². The summed E-state index contributed by atoms with van der Waals surface area (Å²) in [5.41, 5.74) is 0. The first kappa shape index (κ1) is 10.8. The number of carbonyl (C=O) groups is 1. The minimum absolute atomic E-state index is 0.480. The zero-order chi connectivity index (χ0) is 11.2. The van der Waals surface area contributed by atoms with Crippen molar-refractivity contribution in [3.63, 3.8) is 0 Å². The van der Waals surface area contributed by atoms with E-state index in [0.29, 0.717) is 0 Å². The lowest BCUT2D eigenvalue weighted by molar-refractivity contribution is -0.229. The van der Waals surface area contributed by atoms with E-state index in [0.717, 1.165) is 0 Å². The molecule has 0 unspecified atom stereocenters. The van der Waals surface area contributed by atoms with Gasteiger partial charge in [0.25, 0.3) is 0 Å². The molecule has 2 rings (SSSR count). The first-order valence-corrected chi connectivity index (χ1v) is 4.71. The average Bonchev–Trinajstić information content (AvgIpc) is 2.57. The van der Waals surface area contributed by atoms with Gasteiger partial charge in [-0.3, -0.25) is 0 Å². The van der Waals surface area contributed by atoms with Crippen LogP contribution in [0, 0.1) is 0 Å². The van der Waals surface area contributed by atoms with Crippen LogP contribution in [0.15, 0.2) is 0 Å². The number of rotatable bonds is 2. The lowest BCUT2D eigenvalue weighted by Gasteiger charge is -2.22. The van der Waals surface area contributed by atoms with Crippen molar-refractivity contribution in [1.82, 2.24) is 0 Å². The highest BCUT2D eigenvalue weighted by atomic mass is 16.8. The number of hydrogen-bond donors (Lipinski definition) is 1. The highest BCUT2D eigenvalue weighted by Gasteiger charge is 2.57. The second-order valence-corrected chi connectivity index (χ2v) is 4.06. The van der Waals surface area contributed by atoms with Gasteiger partial charge < -0.3 is 24.1 Å². The monoisotopic (exact) mass is 218 g/mol. The molecule has 0 saturated carbocycles. The maximum atomic E-state index is 10.9. The number of aliphatic carboxylic acids is 1. The predicted molar refractivity (Wildman–Crippen MR) is 47.1 cm³/mol. The van der Waals surface area contributed by atoms with Crippen LogP contribution in [-0.4, -0.2) is 48.6 Å². The molecule has 0 aromatic heterocycles. The van der Waals surface area contributed by atoms with Gasteiger partial charge in [-0.1, -0.05) is 0 Å². The second kappa shape index (κ2) is 3.41. The van der Waals surface area contributed by atoms with E-state index >= 15 is 0 Å². The molecule has 15 heavy (non-hydrogen) atoms. The summed E-state index contributed by atoms with van der Waals surface area (Å²) >= 11 is 0. The molecule has 0 bridgehead atoms. The molecule has 0 spiro atoms. The third kappa shape index (κ3) is 1.74. The smallest absolute Gasteiger partial charge is 0.335 e. The van der Waals surface area contributed by atoms with Gasteiger partial charge in [0.1, 0.15) is 12.2 Å². The van der Waals surface area contributed by atoms with E-state index in [1.165, 1.54) is 7.11 Å². The van der Waals surface area contributed by atoms with Crippen molar-refractivity contribution in [3.8, 4) is 0 Å². The minimum Gasteiger partial charge on any atom is -0.479 e. The van der Waals surface area contributed by atoms with E-state index in [-0.39, 0.29) is 0 Å². The van der Waals surface area contributed by atoms with Crippen molar-refractivity contribution in [2.24, 2.45) is 0 Å². The van der Waals surface area contributed by atoms with Crippen molar-refractivity contribution in [2.75, 3.05) is 7.11 Å². The molecule has 2 fully saturated rings. The minimum atomic E-state index is -1.06. The third-order valence-electron chi connectivity index (χ3n) is 2.49. The number of carboxylic acid groups (broad SMARTS) is 1. The molecule has 0 radical (unpaired) electrons. The number of fused-ring (bicyclic) bond motifs is 1. The molecule has 2 aliphatic rings. The molecule has 0 aromatic rings. The van der Waals surface area contributed by atoms with Crippen molar-refractivity contribution < 1.29 is 28.8 Å². The summed E-state index contributed by atoms with van der Waals surface area (Å²) in [7, 11) is 1.45. The van der Waals surface area contributed by atoms with Crippen LogP contribution in [0.25, 0.3) is 0 Å². The Morgan fingerprint density at radius 1 is 1.33 bits per heavy atom. The largest absolute Gasteiger partial charge is 0.479 e. The second-order valence-electron chi connectivity index (χ2n) is 4.06. The Hall–Kier alpha value is -0.690. The zero-order valence-corrected chi connectivity index (χ0v) is 8.80. The van der Waals surface area contributed by atoms with Gasteiger partial charge in [-0.2, -0.15) is 0 Å². The summed E-state index contributed by atoms with van der Waals surface area (Å²) in [5, 5.41) is 8.93. The molecule has 0 aliphatic carbocycles. The van der Waals surface area contributed by atoms with Crippen LogP contribution >= 0.6 is 0 Å². The Kier molecular flexibility index (Phi) is 2.46. The van der Waals surface area contributed by atoms with Crippen molar-refractivity contribution in [3.05, 3.63) is 0 Å². The zero-order valence-electron chi connectivity index (χ0n) is 8.80. The SMILES string of the molecule is CO[C@@H]1O[C@H](C(=O)O)[C@@H]2OC(C)(C)O[C@@H]12. The van der Waals surface area contributed by atoms with E-state index in [4.69, 9.17) is 24.1 Å². The first-order chi connectivity index (χ1) is 6.94. The van der Waals surface area contributed by atoms with Gasteiger partial charge >= 0.3 is 5.97 Å². The highest BCUT2D eigenvalue weighted by Crippen LogP contribution is 2.38. The Balaban J connectivity index is 2.19. The van der Waals surface area contributed by atoms with Crippen LogP contribution in [0.5, 0.6) is 0 Å². The summed E-state index contributed by atoms with van der Waals surface area (Å²) < 4.78 is 21.2. The van der Waals surface area contributed by atoms with E-state index in [1.807, 2.05) is 0 Å². The lowest BCUT2D eigenvalue weighted by atomic mass is 10.1. The average molecular weight is 218 g/mol. The molecule has 86 valence electrons. The molecule has 0 amide bonds. The summed E-state index contributed by atoms with van der Waals surface area (Å²) in [4.78, 5) is 10.9. The first-order valence-electron chi connectivity index (χ1n) is 4.71. The summed E-state index contributed by atoms with van der Waals surface area (Å²) in [6.07, 6.45) is -2.80. The molecule has 1 N–H and O–H groups in total. The van der Waals surface area contributed by atoms with Crippen LogP contribution in [-0.2, 0) is 23.7 Å². The maximum absolute atomic E-state index is 10.9. The van der Waals surface area contributed by atoms with Gasteiger partial charge in [-0.15, -0.1) is 0 Å². The van der Waals surface area contributed by atoms with E-state index in [1.54, 1.807) is 13.8 Å². The molecular weight excluding hydrogens is 204 g/mol. The Labute approximate surface area is 87.1 Å². The quantitative estimate of drug-likeness (QED) is 0.701. The van der Waals surface area contributed by atoms with Gasteiger partial charge in [0, 0.05) is 7.11 Å². The standard InChI is InChI=1S/C9H14O6/c1-9(2)14-4-5(7(10)11)13-8(12-3)6(4)15-9/h4-6,8H,1-3H3,(H,10,11)/t4-,5-,6+,8+/m0/s1.